The van der Waals surface area contributed by atoms with Crippen LogP contribution in [-0.4, -0.2) is 13.3 Å². The molecule has 0 bridgehead atoms. The Balaban J connectivity index is 3.04. The van der Waals surface area contributed by atoms with E-state index in [1.165, 1.54) is 0 Å². The van der Waals surface area contributed by atoms with Gasteiger partial charge in [-0.15, -0.1) is 0 Å². The number of benzene rings is 1. The number of hydrogen-bond donors (Lipinski definition) is 1. The fourth-order valence-electron chi connectivity index (χ4n) is 1.51. The molecule has 1 aromatic carbocycles. The summed E-state index contributed by atoms with van der Waals surface area (Å²) in [6.45, 7) is 2.00. The van der Waals surface area contributed by atoms with Crippen molar-refractivity contribution in [1.29, 1.82) is 0 Å². The minimum absolute atomic E-state index is 0.536. The maximum Gasteiger partial charge on any atom is 0.120 e. The fourth-order valence-corrected chi connectivity index (χ4v) is 1.89. The Kier molecular flexibility index (Phi) is 3.96. The number of halogens is 1. The summed E-state index contributed by atoms with van der Waals surface area (Å²) in [6, 6.07) is 3.97. The second-order valence-electron chi connectivity index (χ2n) is 3.24. The van der Waals surface area contributed by atoms with Crippen LogP contribution < -0.4 is 5.32 Å². The molecular weight excluding hydrogens is 198 g/mol. The molecule has 1 rings (SSSR count). The predicted molar refractivity (Wildman–Crippen MR) is 60.1 cm³/mol. The van der Waals surface area contributed by atoms with E-state index >= 15 is 0 Å². The largest absolute Gasteiger partial charge is 0.387 e. The zero-order chi connectivity index (χ0) is 10.6. The lowest BCUT2D eigenvalue weighted by Gasteiger charge is -2.11. The highest BCUT2D eigenvalue weighted by Gasteiger charge is 2.06. The van der Waals surface area contributed by atoms with Gasteiger partial charge in [0.05, 0.1) is 10.7 Å². The van der Waals surface area contributed by atoms with E-state index in [1.54, 1.807) is 0 Å². The van der Waals surface area contributed by atoms with Crippen LogP contribution in [0, 0.1) is 6.92 Å². The molecule has 0 aliphatic carbocycles. The summed E-state index contributed by atoms with van der Waals surface area (Å²) in [5, 5.41) is 3.77. The van der Waals surface area contributed by atoms with Crippen molar-refractivity contribution in [1.82, 2.24) is 0 Å². The van der Waals surface area contributed by atoms with Gasteiger partial charge >= 0.3 is 0 Å². The summed E-state index contributed by atoms with van der Waals surface area (Å²) in [5.74, 6) is 0. The molecule has 0 aromatic heterocycles. The van der Waals surface area contributed by atoms with Crippen LogP contribution in [-0.2, 0) is 11.2 Å². The highest BCUT2D eigenvalue weighted by molar-refractivity contribution is 6.33. The molecule has 1 aromatic rings. The monoisotopic (exact) mass is 211 g/mol. The van der Waals surface area contributed by atoms with Crippen molar-refractivity contribution >= 4 is 23.6 Å². The van der Waals surface area contributed by atoms with Gasteiger partial charge in [0.2, 0.25) is 0 Å². The summed E-state index contributed by atoms with van der Waals surface area (Å²) < 4.78 is 0. The first-order valence-electron chi connectivity index (χ1n) is 4.59. The molecule has 14 heavy (non-hydrogen) atoms. The van der Waals surface area contributed by atoms with Crippen molar-refractivity contribution < 1.29 is 4.79 Å². The SMILES string of the molecule is CNc1c(Cl)cc(C)cc1CCC=O. The molecule has 0 aliphatic heterocycles. The number of aryl methyl sites for hydroxylation is 2. The number of aldehydes is 1. The van der Waals surface area contributed by atoms with Crippen LogP contribution >= 0.6 is 11.6 Å². The molecule has 76 valence electrons. The number of carbonyl (C=O) groups excluding carboxylic acids is 1. The predicted octanol–water partition coefficient (Wildman–Crippen LogP) is 2.82. The van der Waals surface area contributed by atoms with E-state index in [0.29, 0.717) is 11.4 Å². The van der Waals surface area contributed by atoms with Crippen molar-refractivity contribution in [3.63, 3.8) is 0 Å². The van der Waals surface area contributed by atoms with Crippen LogP contribution in [0.15, 0.2) is 12.1 Å². The summed E-state index contributed by atoms with van der Waals surface area (Å²) in [4.78, 5) is 10.3. The van der Waals surface area contributed by atoms with Crippen LogP contribution in [0.1, 0.15) is 17.5 Å². The van der Waals surface area contributed by atoms with Gasteiger partial charge in [0.15, 0.2) is 0 Å². The molecule has 0 saturated heterocycles. The lowest BCUT2D eigenvalue weighted by molar-refractivity contribution is -0.107. The summed E-state index contributed by atoms with van der Waals surface area (Å²) >= 11 is 6.06. The Morgan fingerprint density at radius 2 is 2.21 bits per heavy atom. The van der Waals surface area contributed by atoms with Gasteiger partial charge in [0.1, 0.15) is 6.29 Å². The average molecular weight is 212 g/mol. The molecular formula is C11H14ClNO. The van der Waals surface area contributed by atoms with Crippen LogP contribution in [0.4, 0.5) is 5.69 Å². The highest BCUT2D eigenvalue weighted by atomic mass is 35.5. The zero-order valence-corrected chi connectivity index (χ0v) is 9.19. The Labute approximate surface area is 89.3 Å². The van der Waals surface area contributed by atoms with Crippen LogP contribution in [0.3, 0.4) is 0 Å². The van der Waals surface area contributed by atoms with Crippen molar-refractivity contribution in [3.05, 3.63) is 28.3 Å². The Morgan fingerprint density at radius 1 is 1.50 bits per heavy atom. The molecule has 3 heteroatoms. The average Bonchev–Trinajstić information content (AvgIpc) is 2.14. The smallest absolute Gasteiger partial charge is 0.120 e. The number of carbonyl (C=O) groups is 1. The Morgan fingerprint density at radius 3 is 2.79 bits per heavy atom. The van der Waals surface area contributed by atoms with Crippen LogP contribution in [0.2, 0.25) is 5.02 Å². The molecule has 0 saturated carbocycles. The van der Waals surface area contributed by atoms with Gasteiger partial charge in [0.25, 0.3) is 0 Å². The van der Waals surface area contributed by atoms with Crippen LogP contribution in [0.5, 0.6) is 0 Å². The molecule has 0 heterocycles. The number of hydrogen-bond acceptors (Lipinski definition) is 2. The van der Waals surface area contributed by atoms with E-state index in [9.17, 15) is 4.79 Å². The van der Waals surface area contributed by atoms with E-state index < -0.39 is 0 Å². The maximum atomic E-state index is 10.3. The quantitative estimate of drug-likeness (QED) is 0.776. The lowest BCUT2D eigenvalue weighted by Crippen LogP contribution is -1.98. The number of rotatable bonds is 4. The molecule has 0 amide bonds. The Hall–Kier alpha value is -1.02. The third-order valence-electron chi connectivity index (χ3n) is 2.10. The minimum atomic E-state index is 0.536. The summed E-state index contributed by atoms with van der Waals surface area (Å²) in [6.07, 6.45) is 2.20. The molecule has 2 nitrogen and oxygen atoms in total. The fraction of sp³-hybridized carbons (Fsp3) is 0.364. The number of anilines is 1. The second kappa shape index (κ2) is 5.01. The lowest BCUT2D eigenvalue weighted by atomic mass is 10.0. The van der Waals surface area contributed by atoms with Crippen molar-refractivity contribution in [3.8, 4) is 0 Å². The van der Waals surface area contributed by atoms with Gasteiger partial charge in [0, 0.05) is 13.5 Å². The van der Waals surface area contributed by atoms with Gasteiger partial charge < -0.3 is 10.1 Å². The van der Waals surface area contributed by atoms with Crippen molar-refractivity contribution in [2.24, 2.45) is 0 Å². The zero-order valence-electron chi connectivity index (χ0n) is 8.43. The van der Waals surface area contributed by atoms with Crippen LogP contribution in [0.25, 0.3) is 0 Å². The normalized spacial score (nSPS) is 9.93. The minimum Gasteiger partial charge on any atom is -0.387 e. The van der Waals surface area contributed by atoms with E-state index in [-0.39, 0.29) is 0 Å². The highest BCUT2D eigenvalue weighted by Crippen LogP contribution is 2.28. The first-order valence-corrected chi connectivity index (χ1v) is 4.97. The third-order valence-corrected chi connectivity index (χ3v) is 2.40. The van der Waals surface area contributed by atoms with Gasteiger partial charge in [-0.25, -0.2) is 0 Å². The topological polar surface area (TPSA) is 29.1 Å². The molecule has 1 N–H and O–H groups in total. The number of nitrogens with one attached hydrogen (secondary N) is 1. The standard InChI is InChI=1S/C11H14ClNO/c1-8-6-9(4-3-5-14)11(13-2)10(12)7-8/h5-7,13H,3-4H2,1-2H3. The van der Waals surface area contributed by atoms with E-state index in [2.05, 4.69) is 11.4 Å². The van der Waals surface area contributed by atoms with Gasteiger partial charge in [-0.1, -0.05) is 17.7 Å². The maximum absolute atomic E-state index is 10.3. The summed E-state index contributed by atoms with van der Waals surface area (Å²) in [5.41, 5.74) is 3.15. The molecule has 0 spiro atoms. The third kappa shape index (κ3) is 2.48. The Bertz CT molecular complexity index is 336. The van der Waals surface area contributed by atoms with E-state index in [0.717, 1.165) is 29.5 Å². The second-order valence-corrected chi connectivity index (χ2v) is 3.64. The van der Waals surface area contributed by atoms with E-state index in [1.807, 2.05) is 20.0 Å². The summed E-state index contributed by atoms with van der Waals surface area (Å²) in [7, 11) is 1.83. The van der Waals surface area contributed by atoms with Crippen molar-refractivity contribution in [2.75, 3.05) is 12.4 Å². The van der Waals surface area contributed by atoms with Crippen molar-refractivity contribution in [2.45, 2.75) is 19.8 Å². The first-order chi connectivity index (χ1) is 6.69. The molecule has 0 radical (unpaired) electrons. The van der Waals surface area contributed by atoms with Gasteiger partial charge in [-0.3, -0.25) is 0 Å². The molecule has 0 aliphatic rings. The first kappa shape index (κ1) is 11.1. The van der Waals surface area contributed by atoms with E-state index in [4.69, 9.17) is 11.6 Å². The van der Waals surface area contributed by atoms with Gasteiger partial charge in [-0.2, -0.15) is 0 Å². The molecule has 0 unspecified atom stereocenters. The van der Waals surface area contributed by atoms with Gasteiger partial charge in [-0.05, 0) is 30.5 Å². The molecule has 0 fully saturated rings. The molecule has 0 atom stereocenters.